The van der Waals surface area contributed by atoms with Gasteiger partial charge < -0.3 is 10.5 Å². The lowest BCUT2D eigenvalue weighted by atomic mass is 9.88. The van der Waals surface area contributed by atoms with Crippen molar-refractivity contribution in [2.24, 2.45) is 5.73 Å². The Morgan fingerprint density at radius 2 is 2.28 bits per heavy atom. The van der Waals surface area contributed by atoms with E-state index in [1.54, 1.807) is 0 Å². The molecule has 1 unspecified atom stereocenters. The maximum Gasteiger partial charge on any atom is 0.0544 e. The smallest absolute Gasteiger partial charge is 0.0544 e. The maximum atomic E-state index is 6.04. The highest BCUT2D eigenvalue weighted by Gasteiger charge is 2.34. The number of ether oxygens (including phenoxy) is 1. The summed E-state index contributed by atoms with van der Waals surface area (Å²) >= 11 is 0. The molecule has 0 saturated carbocycles. The lowest BCUT2D eigenvalue weighted by Crippen LogP contribution is -2.52. The first kappa shape index (κ1) is 13.5. The standard InChI is InChI=1S/C14H23N3O/c1-17(11-13-5-2-3-8-16-13)14(12-15)6-4-9-18-10-7-14/h2-3,5,8H,4,6-7,9-12,15H2,1H3. The zero-order chi connectivity index (χ0) is 12.8. The highest BCUT2D eigenvalue weighted by molar-refractivity contribution is 5.05. The Labute approximate surface area is 109 Å². The summed E-state index contributed by atoms with van der Waals surface area (Å²) in [7, 11) is 2.15. The Kier molecular flexibility index (Phi) is 4.69. The van der Waals surface area contributed by atoms with E-state index in [9.17, 15) is 0 Å². The highest BCUT2D eigenvalue weighted by atomic mass is 16.5. The first-order valence-electron chi connectivity index (χ1n) is 6.66. The van der Waals surface area contributed by atoms with E-state index in [0.29, 0.717) is 6.54 Å². The average molecular weight is 249 g/mol. The fourth-order valence-electron chi connectivity index (χ4n) is 2.64. The molecule has 0 aliphatic carbocycles. The van der Waals surface area contributed by atoms with E-state index in [2.05, 4.69) is 23.0 Å². The van der Waals surface area contributed by atoms with E-state index in [0.717, 1.165) is 44.7 Å². The summed E-state index contributed by atoms with van der Waals surface area (Å²) in [6, 6.07) is 6.04. The molecule has 0 bridgehead atoms. The summed E-state index contributed by atoms with van der Waals surface area (Å²) < 4.78 is 5.55. The van der Waals surface area contributed by atoms with Crippen LogP contribution in [0.15, 0.2) is 24.4 Å². The number of likely N-dealkylation sites (N-methyl/N-ethyl adjacent to an activating group) is 1. The molecule has 2 heterocycles. The van der Waals surface area contributed by atoms with Crippen molar-refractivity contribution >= 4 is 0 Å². The Bertz CT molecular complexity index is 347. The Balaban J connectivity index is 2.06. The van der Waals surface area contributed by atoms with Crippen LogP contribution in [0.3, 0.4) is 0 Å². The van der Waals surface area contributed by atoms with E-state index >= 15 is 0 Å². The molecular formula is C14H23N3O. The van der Waals surface area contributed by atoms with Crippen molar-refractivity contribution < 1.29 is 4.74 Å². The summed E-state index contributed by atoms with van der Waals surface area (Å²) in [5, 5.41) is 0. The van der Waals surface area contributed by atoms with Crippen molar-refractivity contribution in [3.05, 3.63) is 30.1 Å². The van der Waals surface area contributed by atoms with Crippen LogP contribution < -0.4 is 5.73 Å². The van der Waals surface area contributed by atoms with Gasteiger partial charge in [0.15, 0.2) is 0 Å². The third-order valence-electron chi connectivity index (χ3n) is 3.96. The number of aromatic nitrogens is 1. The summed E-state index contributed by atoms with van der Waals surface area (Å²) in [4.78, 5) is 6.74. The molecule has 1 saturated heterocycles. The lowest BCUT2D eigenvalue weighted by molar-refractivity contribution is 0.0826. The first-order chi connectivity index (χ1) is 8.77. The molecule has 0 spiro atoms. The molecule has 1 aliphatic heterocycles. The van der Waals surface area contributed by atoms with Gasteiger partial charge in [-0.1, -0.05) is 6.07 Å². The molecule has 0 aromatic carbocycles. The van der Waals surface area contributed by atoms with E-state index in [1.807, 2.05) is 18.3 Å². The van der Waals surface area contributed by atoms with Gasteiger partial charge in [0.1, 0.15) is 0 Å². The van der Waals surface area contributed by atoms with Crippen LogP contribution in [0.5, 0.6) is 0 Å². The lowest BCUT2D eigenvalue weighted by Gasteiger charge is -2.40. The molecule has 1 atom stereocenters. The van der Waals surface area contributed by atoms with Gasteiger partial charge in [-0.05, 0) is 38.4 Å². The number of rotatable bonds is 4. The van der Waals surface area contributed by atoms with E-state index in [4.69, 9.17) is 10.5 Å². The minimum absolute atomic E-state index is 0.0635. The molecule has 0 radical (unpaired) electrons. The summed E-state index contributed by atoms with van der Waals surface area (Å²) in [6.45, 7) is 3.20. The molecule has 18 heavy (non-hydrogen) atoms. The van der Waals surface area contributed by atoms with Crippen LogP contribution in [0, 0.1) is 0 Å². The second-order valence-corrected chi connectivity index (χ2v) is 5.07. The van der Waals surface area contributed by atoms with Gasteiger partial charge in [-0.3, -0.25) is 9.88 Å². The largest absolute Gasteiger partial charge is 0.381 e. The molecule has 2 rings (SSSR count). The van der Waals surface area contributed by atoms with Crippen LogP contribution in [0.4, 0.5) is 0 Å². The van der Waals surface area contributed by atoms with Crippen LogP contribution in [0.25, 0.3) is 0 Å². The van der Waals surface area contributed by atoms with E-state index < -0.39 is 0 Å². The number of pyridine rings is 1. The third kappa shape index (κ3) is 3.07. The van der Waals surface area contributed by atoms with E-state index in [1.165, 1.54) is 0 Å². The predicted octanol–water partition coefficient (Wildman–Crippen LogP) is 1.41. The van der Waals surface area contributed by atoms with Crippen molar-refractivity contribution in [3.8, 4) is 0 Å². The number of nitrogens with zero attached hydrogens (tertiary/aromatic N) is 2. The molecule has 1 fully saturated rings. The van der Waals surface area contributed by atoms with Gasteiger partial charge in [-0.25, -0.2) is 0 Å². The monoisotopic (exact) mass is 249 g/mol. The molecule has 4 heteroatoms. The van der Waals surface area contributed by atoms with Crippen molar-refractivity contribution in [1.82, 2.24) is 9.88 Å². The zero-order valence-corrected chi connectivity index (χ0v) is 11.1. The van der Waals surface area contributed by atoms with Gasteiger partial charge in [0, 0.05) is 38.0 Å². The number of nitrogens with two attached hydrogens (primary N) is 1. The van der Waals surface area contributed by atoms with E-state index in [-0.39, 0.29) is 5.54 Å². The summed E-state index contributed by atoms with van der Waals surface area (Å²) in [5.41, 5.74) is 7.20. The molecule has 4 nitrogen and oxygen atoms in total. The van der Waals surface area contributed by atoms with Crippen LogP contribution >= 0.6 is 0 Å². The average Bonchev–Trinajstić information content (AvgIpc) is 2.66. The van der Waals surface area contributed by atoms with Crippen LogP contribution in [0.1, 0.15) is 25.0 Å². The van der Waals surface area contributed by atoms with Crippen molar-refractivity contribution in [1.29, 1.82) is 0 Å². The fraction of sp³-hybridized carbons (Fsp3) is 0.643. The third-order valence-corrected chi connectivity index (χ3v) is 3.96. The second-order valence-electron chi connectivity index (χ2n) is 5.07. The van der Waals surface area contributed by atoms with Gasteiger partial charge in [0.05, 0.1) is 5.69 Å². The van der Waals surface area contributed by atoms with Gasteiger partial charge in [0.2, 0.25) is 0 Å². The van der Waals surface area contributed by atoms with Gasteiger partial charge in [-0.15, -0.1) is 0 Å². The molecule has 1 aliphatic rings. The molecule has 1 aromatic heterocycles. The number of hydrogen-bond donors (Lipinski definition) is 1. The van der Waals surface area contributed by atoms with Crippen molar-refractivity contribution in [2.75, 3.05) is 26.8 Å². The maximum absolute atomic E-state index is 6.04. The summed E-state index contributed by atoms with van der Waals surface area (Å²) in [6.07, 6.45) is 5.04. The zero-order valence-electron chi connectivity index (χ0n) is 11.1. The first-order valence-corrected chi connectivity index (χ1v) is 6.66. The molecule has 100 valence electrons. The summed E-state index contributed by atoms with van der Waals surface area (Å²) in [5.74, 6) is 0. The van der Waals surface area contributed by atoms with Crippen molar-refractivity contribution in [3.63, 3.8) is 0 Å². The normalized spacial score (nSPS) is 25.1. The minimum atomic E-state index is 0.0635. The van der Waals surface area contributed by atoms with Crippen LogP contribution in [-0.2, 0) is 11.3 Å². The van der Waals surface area contributed by atoms with Crippen molar-refractivity contribution in [2.45, 2.75) is 31.3 Å². The molecule has 2 N–H and O–H groups in total. The van der Waals surface area contributed by atoms with Gasteiger partial charge in [0.25, 0.3) is 0 Å². The Morgan fingerprint density at radius 3 is 3.00 bits per heavy atom. The molecule has 0 amide bonds. The predicted molar refractivity (Wildman–Crippen MR) is 72.2 cm³/mol. The second kappa shape index (κ2) is 6.27. The number of hydrogen-bond acceptors (Lipinski definition) is 4. The van der Waals surface area contributed by atoms with Crippen LogP contribution in [-0.4, -0.2) is 42.2 Å². The molecule has 1 aromatic rings. The fourth-order valence-corrected chi connectivity index (χ4v) is 2.64. The minimum Gasteiger partial charge on any atom is -0.381 e. The van der Waals surface area contributed by atoms with Crippen LogP contribution in [0.2, 0.25) is 0 Å². The highest BCUT2D eigenvalue weighted by Crippen LogP contribution is 2.27. The van der Waals surface area contributed by atoms with Gasteiger partial charge in [-0.2, -0.15) is 0 Å². The van der Waals surface area contributed by atoms with Gasteiger partial charge >= 0.3 is 0 Å². The SMILES string of the molecule is CN(Cc1ccccn1)C1(CN)CCCOCC1. The Morgan fingerprint density at radius 1 is 1.39 bits per heavy atom. The quantitative estimate of drug-likeness (QED) is 0.876. The topological polar surface area (TPSA) is 51.4 Å². The Hall–Kier alpha value is -0.970. The molecular weight excluding hydrogens is 226 g/mol.